The van der Waals surface area contributed by atoms with E-state index < -0.39 is 0 Å². The van der Waals surface area contributed by atoms with Gasteiger partial charge in [0, 0.05) is 62.5 Å². The van der Waals surface area contributed by atoms with E-state index in [1.165, 1.54) is 21.9 Å². The average Bonchev–Trinajstić information content (AvgIpc) is 3.27. The monoisotopic (exact) mass is 550 g/mol. The number of hydrogen-bond acceptors (Lipinski definition) is 2. The molecule has 194 valence electrons. The fraction of sp³-hybridized carbons (Fsp3) is 0.206. The summed E-state index contributed by atoms with van der Waals surface area (Å²) < 4.78 is 2.23. The number of carbonyl (C=O) groups is 1. The van der Waals surface area contributed by atoms with E-state index in [9.17, 15) is 4.79 Å². The van der Waals surface area contributed by atoms with Crippen molar-refractivity contribution >= 4 is 61.9 Å². The molecule has 0 saturated carbocycles. The summed E-state index contributed by atoms with van der Waals surface area (Å²) in [4.78, 5) is 13.9. The van der Waals surface area contributed by atoms with Crippen LogP contribution in [0.15, 0.2) is 90.6 Å². The lowest BCUT2D eigenvalue weighted by molar-refractivity contribution is -0.118. The van der Waals surface area contributed by atoms with Gasteiger partial charge in [-0.05, 0) is 58.0 Å². The molecule has 2 aliphatic rings. The molecule has 1 atom stereocenters. The van der Waals surface area contributed by atoms with Crippen molar-refractivity contribution < 1.29 is 4.79 Å². The first-order valence-corrected chi connectivity index (χ1v) is 14.1. The van der Waals surface area contributed by atoms with Crippen LogP contribution in [0.25, 0.3) is 27.2 Å². The number of rotatable bonds is 3. The number of nitrogens with one attached hydrogen (secondary N) is 1. The number of benzene rings is 4. The van der Waals surface area contributed by atoms with Gasteiger partial charge in [-0.3, -0.25) is 4.79 Å². The minimum atomic E-state index is -0.232. The van der Waals surface area contributed by atoms with E-state index >= 15 is 0 Å². The Morgan fingerprint density at radius 2 is 1.69 bits per heavy atom. The molecule has 4 aromatic carbocycles. The van der Waals surface area contributed by atoms with Gasteiger partial charge < -0.3 is 9.88 Å². The fourth-order valence-corrected chi connectivity index (χ4v) is 7.01. The third-order valence-corrected chi connectivity index (χ3v) is 8.81. The zero-order valence-corrected chi connectivity index (χ0v) is 23.4. The molecule has 5 aromatic rings. The van der Waals surface area contributed by atoms with Gasteiger partial charge >= 0.3 is 0 Å². The van der Waals surface area contributed by atoms with Crippen LogP contribution in [-0.4, -0.2) is 10.4 Å². The summed E-state index contributed by atoms with van der Waals surface area (Å²) in [6, 6.07) is 26.6. The number of aromatic nitrogens is 1. The smallest absolute Gasteiger partial charge is 0.162 e. The Labute approximate surface area is 238 Å². The molecular formula is C34H28Cl2N2O. The Kier molecular flexibility index (Phi) is 5.66. The van der Waals surface area contributed by atoms with E-state index in [1.54, 1.807) is 6.07 Å². The van der Waals surface area contributed by atoms with Gasteiger partial charge in [-0.25, -0.2) is 0 Å². The molecule has 0 radical (unpaired) electrons. The number of fused-ring (bicyclic) bond motifs is 5. The van der Waals surface area contributed by atoms with Crippen LogP contribution in [-0.2, 0) is 11.3 Å². The molecule has 0 saturated heterocycles. The topological polar surface area (TPSA) is 34.0 Å². The number of carbonyl (C=O) groups excluding carboxylic acids is 1. The van der Waals surface area contributed by atoms with Crippen LogP contribution < -0.4 is 5.32 Å². The average molecular weight is 552 g/mol. The number of Topliss-reactive ketones (excluding diaryl/α,β-unsaturated/α-hetero) is 1. The number of halogens is 2. The number of anilines is 1. The molecule has 1 aromatic heterocycles. The molecule has 1 unspecified atom stereocenters. The van der Waals surface area contributed by atoms with Crippen LogP contribution in [0.4, 0.5) is 5.69 Å². The highest BCUT2D eigenvalue weighted by molar-refractivity contribution is 6.35. The van der Waals surface area contributed by atoms with Gasteiger partial charge in [0.25, 0.3) is 0 Å². The molecule has 2 heterocycles. The Morgan fingerprint density at radius 3 is 2.51 bits per heavy atom. The Balaban J connectivity index is 1.44. The first kappa shape index (κ1) is 24.5. The van der Waals surface area contributed by atoms with Crippen molar-refractivity contribution in [3.05, 3.63) is 117 Å². The number of para-hydroxylation sites is 1. The number of allylic oxidation sites excluding steroid dienone is 1. The van der Waals surface area contributed by atoms with Gasteiger partial charge in [-0.15, -0.1) is 0 Å². The lowest BCUT2D eigenvalue weighted by Crippen LogP contribution is -2.33. The van der Waals surface area contributed by atoms with Crippen molar-refractivity contribution in [1.82, 2.24) is 4.57 Å². The number of nitrogens with zero attached hydrogens (tertiary/aromatic N) is 1. The maximum absolute atomic E-state index is 13.9. The van der Waals surface area contributed by atoms with Crippen LogP contribution in [0.2, 0.25) is 10.0 Å². The Bertz CT molecular complexity index is 1850. The normalized spacial score (nSPS) is 18.3. The second-order valence-corrected chi connectivity index (χ2v) is 12.4. The summed E-state index contributed by atoms with van der Waals surface area (Å²) in [5.74, 6) is 0.231. The Morgan fingerprint density at radius 1 is 0.923 bits per heavy atom. The maximum Gasteiger partial charge on any atom is 0.162 e. The third kappa shape index (κ3) is 4.07. The number of ketones is 1. The molecule has 3 nitrogen and oxygen atoms in total. The third-order valence-electron chi connectivity index (χ3n) is 8.23. The molecule has 1 N–H and O–H groups in total. The molecule has 1 aliphatic carbocycles. The first-order valence-electron chi connectivity index (χ1n) is 13.4. The van der Waals surface area contributed by atoms with Crippen LogP contribution in [0.5, 0.6) is 0 Å². The molecule has 0 spiro atoms. The zero-order chi connectivity index (χ0) is 26.9. The summed E-state index contributed by atoms with van der Waals surface area (Å²) in [6.07, 6.45) is 3.60. The van der Waals surface area contributed by atoms with Crippen molar-refractivity contribution in [2.45, 2.75) is 39.3 Å². The minimum absolute atomic E-state index is 0.0919. The summed E-state index contributed by atoms with van der Waals surface area (Å²) >= 11 is 12.7. The van der Waals surface area contributed by atoms with Crippen molar-refractivity contribution in [1.29, 1.82) is 0 Å². The summed E-state index contributed by atoms with van der Waals surface area (Å²) in [6.45, 7) is 5.02. The quantitative estimate of drug-likeness (QED) is 0.242. The van der Waals surface area contributed by atoms with E-state index in [2.05, 4.69) is 90.6 Å². The molecule has 1 aliphatic heterocycles. The van der Waals surface area contributed by atoms with Gasteiger partial charge in [0.2, 0.25) is 0 Å². The van der Waals surface area contributed by atoms with Crippen LogP contribution in [0.1, 0.15) is 49.4 Å². The predicted molar refractivity (Wildman–Crippen MR) is 163 cm³/mol. The van der Waals surface area contributed by atoms with Crippen molar-refractivity contribution in [3.63, 3.8) is 0 Å². The van der Waals surface area contributed by atoms with Crippen LogP contribution in [0.3, 0.4) is 0 Å². The standard InChI is InChI=1S/C34H28Cl2N2O/c1-34(2)16-25-31-23-8-4-3-7-20(23)12-14-28(31)37-33(32(25)30(39)17-34)26-19-38(29-10-6-5-9-24(26)29)18-21-11-13-22(35)15-27(21)36/h3-15,19,33,37H,16-18H2,1-2H3. The lowest BCUT2D eigenvalue weighted by atomic mass is 9.68. The molecule has 39 heavy (non-hydrogen) atoms. The Hall–Kier alpha value is -3.53. The van der Waals surface area contributed by atoms with E-state index in [-0.39, 0.29) is 17.2 Å². The number of hydrogen-bond donors (Lipinski definition) is 1. The van der Waals surface area contributed by atoms with Gasteiger partial charge in [-0.1, -0.05) is 91.6 Å². The maximum atomic E-state index is 13.9. The second-order valence-electron chi connectivity index (χ2n) is 11.6. The minimum Gasteiger partial charge on any atom is -0.373 e. The summed E-state index contributed by atoms with van der Waals surface area (Å²) in [5.41, 5.74) is 7.47. The van der Waals surface area contributed by atoms with Gasteiger partial charge in [-0.2, -0.15) is 0 Å². The first-order chi connectivity index (χ1) is 18.8. The van der Waals surface area contributed by atoms with Gasteiger partial charge in [0.1, 0.15) is 0 Å². The van der Waals surface area contributed by atoms with E-state index in [1.807, 2.05) is 12.1 Å². The lowest BCUT2D eigenvalue weighted by Gasteiger charge is -2.40. The molecule has 0 amide bonds. The van der Waals surface area contributed by atoms with Gasteiger partial charge in [0.05, 0.1) is 6.04 Å². The van der Waals surface area contributed by atoms with E-state index in [4.69, 9.17) is 23.2 Å². The molecular weight excluding hydrogens is 523 g/mol. The zero-order valence-electron chi connectivity index (χ0n) is 21.9. The molecule has 5 heteroatoms. The van der Waals surface area contributed by atoms with Crippen molar-refractivity contribution in [3.8, 4) is 0 Å². The van der Waals surface area contributed by atoms with Crippen LogP contribution in [0, 0.1) is 5.41 Å². The fourth-order valence-electron chi connectivity index (χ4n) is 6.54. The molecule has 0 fully saturated rings. The SMILES string of the molecule is CC1(C)CC(=O)C2=C(C1)c1c(ccc3ccccc13)NC2c1cn(Cc2ccc(Cl)cc2Cl)c2ccccc12. The highest BCUT2D eigenvalue weighted by Crippen LogP contribution is 2.52. The van der Waals surface area contributed by atoms with E-state index in [0.29, 0.717) is 23.0 Å². The molecule has 7 rings (SSSR count). The predicted octanol–water partition coefficient (Wildman–Crippen LogP) is 9.46. The summed E-state index contributed by atoms with van der Waals surface area (Å²) in [7, 11) is 0. The van der Waals surface area contributed by atoms with Crippen LogP contribution >= 0.6 is 23.2 Å². The summed E-state index contributed by atoms with van der Waals surface area (Å²) in [5, 5.41) is 8.60. The highest BCUT2D eigenvalue weighted by Gasteiger charge is 2.41. The largest absolute Gasteiger partial charge is 0.373 e. The highest BCUT2D eigenvalue weighted by atomic mass is 35.5. The van der Waals surface area contributed by atoms with Crippen molar-refractivity contribution in [2.75, 3.05) is 5.32 Å². The second kappa shape index (κ2) is 9.01. The van der Waals surface area contributed by atoms with Gasteiger partial charge in [0.15, 0.2) is 5.78 Å². The van der Waals surface area contributed by atoms with Crippen molar-refractivity contribution in [2.24, 2.45) is 5.41 Å². The molecule has 0 bridgehead atoms. The van der Waals surface area contributed by atoms with E-state index in [0.717, 1.165) is 39.7 Å².